The van der Waals surface area contributed by atoms with E-state index in [1.54, 1.807) is 24.3 Å². The standard InChI is InChI=1S/C21H18FNO2S/c22-20-12-5-4-7-16(20)15-26-19-11-6-8-17(13-19)23-21(24)14-25-18-9-2-1-3-10-18/h1-13H,14-15H2,(H,23,24). The van der Waals surface area contributed by atoms with Crippen LogP contribution >= 0.6 is 11.8 Å². The van der Waals surface area contributed by atoms with E-state index in [4.69, 9.17) is 4.74 Å². The van der Waals surface area contributed by atoms with Crippen molar-refractivity contribution in [3.05, 3.63) is 90.2 Å². The zero-order chi connectivity index (χ0) is 18.2. The van der Waals surface area contributed by atoms with Gasteiger partial charge >= 0.3 is 0 Å². The van der Waals surface area contributed by atoms with E-state index < -0.39 is 0 Å². The summed E-state index contributed by atoms with van der Waals surface area (Å²) in [7, 11) is 0. The highest BCUT2D eigenvalue weighted by Crippen LogP contribution is 2.26. The summed E-state index contributed by atoms with van der Waals surface area (Å²) in [5.74, 6) is 0.741. The van der Waals surface area contributed by atoms with Crippen LogP contribution in [-0.4, -0.2) is 12.5 Å². The SMILES string of the molecule is O=C(COc1ccccc1)Nc1cccc(SCc2ccccc2F)c1. The number of carbonyl (C=O) groups excluding carboxylic acids is 1. The number of carbonyl (C=O) groups is 1. The zero-order valence-electron chi connectivity index (χ0n) is 14.0. The van der Waals surface area contributed by atoms with Gasteiger partial charge in [0.2, 0.25) is 0 Å². The molecule has 0 atom stereocenters. The Kier molecular flexibility index (Phi) is 6.28. The number of ether oxygens (including phenoxy) is 1. The molecule has 132 valence electrons. The molecular weight excluding hydrogens is 349 g/mol. The number of hydrogen-bond donors (Lipinski definition) is 1. The van der Waals surface area contributed by atoms with E-state index in [0.717, 1.165) is 4.90 Å². The Hall–Kier alpha value is -2.79. The van der Waals surface area contributed by atoms with Crippen LogP contribution < -0.4 is 10.1 Å². The van der Waals surface area contributed by atoms with Gasteiger partial charge in [0, 0.05) is 16.3 Å². The van der Waals surface area contributed by atoms with Crippen LogP contribution in [-0.2, 0) is 10.5 Å². The first kappa shape index (κ1) is 18.0. The number of nitrogens with one attached hydrogen (secondary N) is 1. The Morgan fingerprint density at radius 3 is 2.54 bits per heavy atom. The van der Waals surface area contributed by atoms with Crippen LogP contribution in [0.1, 0.15) is 5.56 Å². The van der Waals surface area contributed by atoms with Crippen molar-refractivity contribution in [2.45, 2.75) is 10.6 Å². The molecule has 0 fully saturated rings. The molecule has 0 radical (unpaired) electrons. The van der Waals surface area contributed by atoms with Crippen molar-refractivity contribution < 1.29 is 13.9 Å². The maximum Gasteiger partial charge on any atom is 0.262 e. The minimum atomic E-state index is -0.231. The predicted octanol–water partition coefficient (Wildman–Crippen LogP) is 5.14. The molecule has 3 aromatic carbocycles. The second kappa shape index (κ2) is 9.06. The van der Waals surface area contributed by atoms with Crippen LogP contribution in [0, 0.1) is 5.82 Å². The quantitative estimate of drug-likeness (QED) is 0.588. The van der Waals surface area contributed by atoms with Gasteiger partial charge in [-0.15, -0.1) is 11.8 Å². The Morgan fingerprint density at radius 1 is 0.962 bits per heavy atom. The normalized spacial score (nSPS) is 10.3. The highest BCUT2D eigenvalue weighted by Gasteiger charge is 2.06. The largest absolute Gasteiger partial charge is 0.484 e. The number of thioether (sulfide) groups is 1. The highest BCUT2D eigenvalue weighted by molar-refractivity contribution is 7.98. The Labute approximate surface area is 156 Å². The smallest absolute Gasteiger partial charge is 0.262 e. The second-order valence-corrected chi connectivity index (χ2v) is 6.61. The van der Waals surface area contributed by atoms with Gasteiger partial charge in [-0.05, 0) is 42.0 Å². The molecule has 0 saturated carbocycles. The summed E-state index contributed by atoms with van der Waals surface area (Å²) in [6.07, 6.45) is 0. The fourth-order valence-corrected chi connectivity index (χ4v) is 3.24. The Morgan fingerprint density at radius 2 is 1.73 bits per heavy atom. The summed E-state index contributed by atoms with van der Waals surface area (Å²) >= 11 is 1.52. The number of benzene rings is 3. The van der Waals surface area contributed by atoms with Gasteiger partial charge in [0.15, 0.2) is 6.61 Å². The summed E-state index contributed by atoms with van der Waals surface area (Å²) in [5, 5.41) is 2.81. The molecule has 0 aliphatic carbocycles. The molecule has 3 nitrogen and oxygen atoms in total. The molecule has 1 N–H and O–H groups in total. The molecule has 3 aromatic rings. The third-order valence-corrected chi connectivity index (χ3v) is 4.63. The fourth-order valence-electron chi connectivity index (χ4n) is 2.30. The van der Waals surface area contributed by atoms with Crippen molar-refractivity contribution in [3.63, 3.8) is 0 Å². The van der Waals surface area contributed by atoms with E-state index in [9.17, 15) is 9.18 Å². The lowest BCUT2D eigenvalue weighted by molar-refractivity contribution is -0.118. The molecule has 0 heterocycles. The van der Waals surface area contributed by atoms with Crippen molar-refractivity contribution in [2.75, 3.05) is 11.9 Å². The van der Waals surface area contributed by atoms with Gasteiger partial charge in [-0.1, -0.05) is 42.5 Å². The van der Waals surface area contributed by atoms with Crippen molar-refractivity contribution in [1.29, 1.82) is 0 Å². The predicted molar refractivity (Wildman–Crippen MR) is 103 cm³/mol. The summed E-state index contributed by atoms with van der Waals surface area (Å²) < 4.78 is 19.1. The number of anilines is 1. The third-order valence-electron chi connectivity index (χ3n) is 3.58. The molecule has 5 heteroatoms. The van der Waals surface area contributed by atoms with Crippen molar-refractivity contribution in [1.82, 2.24) is 0 Å². The number of amides is 1. The van der Waals surface area contributed by atoms with Gasteiger partial charge < -0.3 is 10.1 Å². The van der Waals surface area contributed by atoms with E-state index in [-0.39, 0.29) is 18.3 Å². The number of para-hydroxylation sites is 1. The lowest BCUT2D eigenvalue weighted by Gasteiger charge is -2.09. The molecule has 3 rings (SSSR count). The number of rotatable bonds is 7. The molecule has 0 aliphatic heterocycles. The molecule has 0 aromatic heterocycles. The Bertz CT molecular complexity index is 871. The van der Waals surface area contributed by atoms with Gasteiger partial charge in [0.1, 0.15) is 11.6 Å². The molecule has 26 heavy (non-hydrogen) atoms. The van der Waals surface area contributed by atoms with Gasteiger partial charge in [-0.3, -0.25) is 4.79 Å². The molecule has 0 unspecified atom stereocenters. The maximum atomic E-state index is 13.7. The third kappa shape index (κ3) is 5.36. The first-order valence-corrected chi connectivity index (χ1v) is 9.13. The molecular formula is C21H18FNO2S. The molecule has 0 aliphatic rings. The van der Waals surface area contributed by atoms with Crippen LogP contribution in [0.5, 0.6) is 5.75 Å². The summed E-state index contributed by atoms with van der Waals surface area (Å²) in [6.45, 7) is -0.0589. The minimum Gasteiger partial charge on any atom is -0.484 e. The van der Waals surface area contributed by atoms with Crippen LogP contribution in [0.25, 0.3) is 0 Å². The van der Waals surface area contributed by atoms with E-state index in [2.05, 4.69) is 5.32 Å². The first-order chi connectivity index (χ1) is 12.7. The van der Waals surface area contributed by atoms with Gasteiger partial charge in [-0.25, -0.2) is 4.39 Å². The average Bonchev–Trinajstić information content (AvgIpc) is 2.67. The van der Waals surface area contributed by atoms with E-state index in [1.807, 2.05) is 48.5 Å². The highest BCUT2D eigenvalue weighted by atomic mass is 32.2. The summed E-state index contributed by atoms with van der Waals surface area (Å²) in [6, 6.07) is 23.4. The molecule has 0 bridgehead atoms. The Balaban J connectivity index is 1.53. The molecule has 0 spiro atoms. The molecule has 1 amide bonds. The lowest BCUT2D eigenvalue weighted by Crippen LogP contribution is -2.20. The summed E-state index contributed by atoms with van der Waals surface area (Å²) in [4.78, 5) is 13.0. The van der Waals surface area contributed by atoms with Crippen LogP contribution in [0.3, 0.4) is 0 Å². The average molecular weight is 367 g/mol. The summed E-state index contributed by atoms with van der Waals surface area (Å²) in [5.41, 5.74) is 1.34. The molecule has 0 saturated heterocycles. The first-order valence-electron chi connectivity index (χ1n) is 8.15. The van der Waals surface area contributed by atoms with Gasteiger partial charge in [0.25, 0.3) is 5.91 Å². The van der Waals surface area contributed by atoms with Gasteiger partial charge in [0.05, 0.1) is 0 Å². The monoisotopic (exact) mass is 367 g/mol. The van der Waals surface area contributed by atoms with Crippen LogP contribution in [0.15, 0.2) is 83.8 Å². The van der Waals surface area contributed by atoms with E-state index in [1.165, 1.54) is 17.8 Å². The minimum absolute atomic E-state index is 0.0589. The van der Waals surface area contributed by atoms with Crippen molar-refractivity contribution >= 4 is 23.4 Å². The second-order valence-electron chi connectivity index (χ2n) is 5.56. The van der Waals surface area contributed by atoms with E-state index in [0.29, 0.717) is 22.8 Å². The fraction of sp³-hybridized carbons (Fsp3) is 0.0952. The zero-order valence-corrected chi connectivity index (χ0v) is 14.8. The van der Waals surface area contributed by atoms with E-state index >= 15 is 0 Å². The van der Waals surface area contributed by atoms with Gasteiger partial charge in [-0.2, -0.15) is 0 Å². The van der Waals surface area contributed by atoms with Crippen LogP contribution in [0.4, 0.5) is 10.1 Å². The van der Waals surface area contributed by atoms with Crippen molar-refractivity contribution in [3.8, 4) is 5.75 Å². The topological polar surface area (TPSA) is 38.3 Å². The number of hydrogen-bond acceptors (Lipinski definition) is 3. The van der Waals surface area contributed by atoms with Crippen molar-refractivity contribution in [2.24, 2.45) is 0 Å². The number of halogens is 1. The maximum absolute atomic E-state index is 13.7. The lowest BCUT2D eigenvalue weighted by atomic mass is 10.2. The van der Waals surface area contributed by atoms with Crippen LogP contribution in [0.2, 0.25) is 0 Å².